The molecule has 4 nitrogen and oxygen atoms in total. The lowest BCUT2D eigenvalue weighted by Crippen LogP contribution is -2.11. The van der Waals surface area contributed by atoms with E-state index in [1.54, 1.807) is 12.3 Å². The van der Waals surface area contributed by atoms with Crippen molar-refractivity contribution in [2.24, 2.45) is 0 Å². The highest BCUT2D eigenvalue weighted by Crippen LogP contribution is 1.86. The number of H-pyrrole nitrogens is 1. The molecule has 0 aliphatic heterocycles. The summed E-state index contributed by atoms with van der Waals surface area (Å²) in [7, 11) is 0. The molecule has 0 saturated heterocycles. The standard InChI is InChI=1S/C6H5N3O/c1-4-8-6(10)5-2-3-7-9(4)5/h2-3H,1H2,(H,8,10). The maximum atomic E-state index is 10.9. The molecule has 4 heteroatoms. The van der Waals surface area contributed by atoms with E-state index in [-0.39, 0.29) is 5.56 Å². The molecule has 10 heavy (non-hydrogen) atoms. The van der Waals surface area contributed by atoms with Gasteiger partial charge in [0.25, 0.3) is 5.56 Å². The van der Waals surface area contributed by atoms with E-state index in [2.05, 4.69) is 16.7 Å². The van der Waals surface area contributed by atoms with Crippen LogP contribution in [0.4, 0.5) is 0 Å². The third-order valence-corrected chi connectivity index (χ3v) is 1.39. The average Bonchev–Trinajstić information content (AvgIpc) is 2.39. The van der Waals surface area contributed by atoms with Gasteiger partial charge in [-0.1, -0.05) is 6.58 Å². The van der Waals surface area contributed by atoms with E-state index in [0.717, 1.165) is 0 Å². The van der Waals surface area contributed by atoms with Gasteiger partial charge in [-0.25, -0.2) is 4.52 Å². The molecule has 1 N–H and O–H groups in total. The molecule has 2 heterocycles. The second-order valence-corrected chi connectivity index (χ2v) is 2.03. The molecule has 0 aliphatic carbocycles. The van der Waals surface area contributed by atoms with Gasteiger partial charge in [-0.2, -0.15) is 5.10 Å². The summed E-state index contributed by atoms with van der Waals surface area (Å²) in [5.41, 5.74) is 0.928. The molecule has 0 spiro atoms. The maximum Gasteiger partial charge on any atom is 0.275 e. The third kappa shape index (κ3) is 0.452. The lowest BCUT2D eigenvalue weighted by atomic mass is 10.6. The summed E-state index contributed by atoms with van der Waals surface area (Å²) < 4.78 is 1.47. The van der Waals surface area contributed by atoms with Crippen molar-refractivity contribution in [1.82, 2.24) is 14.6 Å². The molecular weight excluding hydrogens is 130 g/mol. The number of nitrogens with zero attached hydrogens (tertiary/aromatic N) is 2. The highest BCUT2D eigenvalue weighted by Gasteiger charge is 1.99. The smallest absolute Gasteiger partial charge is 0.275 e. The van der Waals surface area contributed by atoms with Crippen LogP contribution in [0.1, 0.15) is 0 Å². The van der Waals surface area contributed by atoms with E-state index in [1.165, 1.54) is 4.52 Å². The Morgan fingerprint density at radius 2 is 2.50 bits per heavy atom. The molecule has 0 amide bonds. The maximum absolute atomic E-state index is 10.9. The summed E-state index contributed by atoms with van der Waals surface area (Å²) in [6.45, 7) is 3.59. The molecule has 0 radical (unpaired) electrons. The van der Waals surface area contributed by atoms with Gasteiger partial charge in [0.1, 0.15) is 11.0 Å². The monoisotopic (exact) mass is 135 g/mol. The molecule has 2 aromatic heterocycles. The van der Waals surface area contributed by atoms with Crippen molar-refractivity contribution in [3.8, 4) is 0 Å². The fourth-order valence-corrected chi connectivity index (χ4v) is 0.938. The van der Waals surface area contributed by atoms with E-state index in [1.807, 2.05) is 0 Å². The van der Waals surface area contributed by atoms with Gasteiger partial charge in [0.2, 0.25) is 0 Å². The van der Waals surface area contributed by atoms with Gasteiger partial charge in [-0.05, 0) is 6.07 Å². The van der Waals surface area contributed by atoms with Crippen molar-refractivity contribution in [1.29, 1.82) is 0 Å². The first kappa shape index (κ1) is 5.22. The van der Waals surface area contributed by atoms with Crippen LogP contribution in [0.3, 0.4) is 0 Å². The summed E-state index contributed by atoms with van der Waals surface area (Å²) >= 11 is 0. The highest BCUT2D eigenvalue weighted by atomic mass is 16.1. The van der Waals surface area contributed by atoms with Gasteiger partial charge in [0.15, 0.2) is 0 Å². The molecule has 0 aliphatic rings. The predicted molar refractivity (Wildman–Crippen MR) is 36.6 cm³/mol. The van der Waals surface area contributed by atoms with Crippen LogP contribution in [0.15, 0.2) is 17.1 Å². The molecule has 0 atom stereocenters. The lowest BCUT2D eigenvalue weighted by Gasteiger charge is -1.74. The van der Waals surface area contributed by atoms with Crippen LogP contribution in [-0.2, 0) is 0 Å². The average molecular weight is 135 g/mol. The highest BCUT2D eigenvalue weighted by molar-refractivity contribution is 5.42. The van der Waals surface area contributed by atoms with Crippen molar-refractivity contribution in [3.05, 3.63) is 28.1 Å². The van der Waals surface area contributed by atoms with Crippen molar-refractivity contribution in [2.45, 2.75) is 0 Å². The first-order valence-electron chi connectivity index (χ1n) is 2.84. The van der Waals surface area contributed by atoms with Gasteiger partial charge in [-0.3, -0.25) is 4.79 Å². The largest absolute Gasteiger partial charge is 0.306 e. The summed E-state index contributed by atoms with van der Waals surface area (Å²) in [5.74, 6) is 0. The van der Waals surface area contributed by atoms with E-state index in [4.69, 9.17) is 0 Å². The zero-order valence-corrected chi connectivity index (χ0v) is 5.16. The molecule has 2 rings (SSSR count). The Morgan fingerprint density at radius 3 is 3.20 bits per heavy atom. The number of aromatic amines is 1. The van der Waals surface area contributed by atoms with Crippen molar-refractivity contribution in [3.63, 3.8) is 0 Å². The van der Waals surface area contributed by atoms with Gasteiger partial charge in [0.05, 0.1) is 6.20 Å². The summed E-state index contributed by atoms with van der Waals surface area (Å²) in [6, 6.07) is 1.65. The van der Waals surface area contributed by atoms with Gasteiger partial charge >= 0.3 is 0 Å². The van der Waals surface area contributed by atoms with Crippen molar-refractivity contribution in [2.75, 3.05) is 0 Å². The summed E-state index contributed by atoms with van der Waals surface area (Å²) in [5, 5.41) is 3.86. The van der Waals surface area contributed by atoms with Crippen molar-refractivity contribution >= 4 is 12.1 Å². The zero-order valence-electron chi connectivity index (χ0n) is 5.16. The minimum atomic E-state index is -0.137. The summed E-state index contributed by atoms with van der Waals surface area (Å²) in [4.78, 5) is 13.4. The number of fused-ring (bicyclic) bond motifs is 1. The first-order chi connectivity index (χ1) is 4.79. The van der Waals surface area contributed by atoms with Gasteiger partial charge < -0.3 is 4.98 Å². The fraction of sp³-hybridized carbons (Fsp3) is 0. The quantitative estimate of drug-likeness (QED) is 0.511. The minimum absolute atomic E-state index is 0.137. The van der Waals surface area contributed by atoms with E-state index in [0.29, 0.717) is 11.0 Å². The van der Waals surface area contributed by atoms with Crippen LogP contribution < -0.4 is 11.0 Å². The summed E-state index contributed by atoms with van der Waals surface area (Å²) in [6.07, 6.45) is 1.57. The van der Waals surface area contributed by atoms with Gasteiger partial charge in [0, 0.05) is 0 Å². The number of aromatic nitrogens is 3. The molecular formula is C6H5N3O. The Kier molecular flexibility index (Phi) is 0.768. The van der Waals surface area contributed by atoms with Crippen LogP contribution in [0.2, 0.25) is 0 Å². The second kappa shape index (κ2) is 1.47. The molecule has 50 valence electrons. The first-order valence-corrected chi connectivity index (χ1v) is 2.84. The van der Waals surface area contributed by atoms with Crippen LogP contribution >= 0.6 is 0 Å². The zero-order chi connectivity index (χ0) is 7.14. The number of imidazole rings is 1. The topological polar surface area (TPSA) is 50.2 Å². The molecule has 0 bridgehead atoms. The Balaban J connectivity index is 3.28. The van der Waals surface area contributed by atoms with Crippen LogP contribution in [0, 0.1) is 0 Å². The normalized spacial score (nSPS) is 10.8. The van der Waals surface area contributed by atoms with Crippen molar-refractivity contribution < 1.29 is 0 Å². The van der Waals surface area contributed by atoms with E-state index in [9.17, 15) is 4.79 Å². The van der Waals surface area contributed by atoms with E-state index < -0.39 is 0 Å². The Morgan fingerprint density at radius 1 is 1.70 bits per heavy atom. The third-order valence-electron chi connectivity index (χ3n) is 1.39. The van der Waals surface area contributed by atoms with Crippen LogP contribution in [0.5, 0.6) is 0 Å². The van der Waals surface area contributed by atoms with E-state index >= 15 is 0 Å². The Labute approximate surface area is 55.8 Å². The Bertz CT molecular complexity index is 413. The predicted octanol–water partition coefficient (Wildman–Crippen LogP) is -0.848. The molecule has 0 unspecified atom stereocenters. The second-order valence-electron chi connectivity index (χ2n) is 2.03. The molecule has 0 fully saturated rings. The number of hydrogen-bond donors (Lipinski definition) is 1. The fourth-order valence-electron chi connectivity index (χ4n) is 0.938. The molecule has 0 aromatic carbocycles. The number of hydrogen-bond acceptors (Lipinski definition) is 2. The number of nitrogens with one attached hydrogen (secondary N) is 1. The molecule has 0 saturated carbocycles. The van der Waals surface area contributed by atoms with Crippen LogP contribution in [-0.4, -0.2) is 14.6 Å². The van der Waals surface area contributed by atoms with Crippen LogP contribution in [0.25, 0.3) is 12.1 Å². The minimum Gasteiger partial charge on any atom is -0.306 e. The van der Waals surface area contributed by atoms with Gasteiger partial charge in [-0.15, -0.1) is 0 Å². The molecule has 2 aromatic rings. The number of rotatable bonds is 0. The Hall–Kier alpha value is -1.58. The SMILES string of the molecule is C=c1[nH]c(=O)c2ccnn12. The lowest BCUT2D eigenvalue weighted by molar-refractivity contribution is 0.916.